The highest BCUT2D eigenvalue weighted by Gasteiger charge is 2.27. The van der Waals surface area contributed by atoms with Crippen LogP contribution in [0.2, 0.25) is 0 Å². The molecule has 7 nitrogen and oxygen atoms in total. The minimum absolute atomic E-state index is 0.00616. The van der Waals surface area contributed by atoms with E-state index in [0.29, 0.717) is 31.9 Å². The first kappa shape index (κ1) is 21.1. The SMILES string of the molecule is CC(C)(C)OC(=O)N1CCN(C(=O)CNC(=O)CS(C)(C)Br)CC1. The Hall–Kier alpha value is -0.960. The van der Waals surface area contributed by atoms with Gasteiger partial charge < -0.3 is 19.9 Å². The van der Waals surface area contributed by atoms with E-state index in [-0.39, 0.29) is 24.5 Å². The lowest BCUT2D eigenvalue weighted by atomic mass is 10.2. The number of halogens is 1. The summed E-state index contributed by atoms with van der Waals surface area (Å²) in [4.78, 5) is 39.1. The number of amides is 3. The number of rotatable bonds is 4. The summed E-state index contributed by atoms with van der Waals surface area (Å²) >= 11 is 3.48. The normalized spacial score (nSPS) is 16.6. The van der Waals surface area contributed by atoms with Crippen LogP contribution in [-0.4, -0.2) is 84.3 Å². The number of hydrogen-bond acceptors (Lipinski definition) is 4. The molecule has 0 aromatic rings. The molecule has 0 aliphatic carbocycles. The van der Waals surface area contributed by atoms with Gasteiger partial charge in [-0.05, 0) is 48.1 Å². The molecule has 24 heavy (non-hydrogen) atoms. The van der Waals surface area contributed by atoms with Crippen molar-refractivity contribution < 1.29 is 19.1 Å². The third-order valence-corrected chi connectivity index (χ3v) is 4.83. The predicted molar refractivity (Wildman–Crippen MR) is 101 cm³/mol. The van der Waals surface area contributed by atoms with Gasteiger partial charge in [-0.2, -0.15) is 8.46 Å². The van der Waals surface area contributed by atoms with Gasteiger partial charge in [0.1, 0.15) is 5.60 Å². The molecule has 140 valence electrons. The summed E-state index contributed by atoms with van der Waals surface area (Å²) in [5.74, 6) is 0.120. The molecule has 0 bridgehead atoms. The van der Waals surface area contributed by atoms with E-state index in [1.54, 1.807) is 9.80 Å². The number of nitrogens with one attached hydrogen (secondary N) is 1. The first-order valence-corrected chi connectivity index (χ1v) is 12.3. The Morgan fingerprint density at radius 2 is 1.58 bits per heavy atom. The van der Waals surface area contributed by atoms with Gasteiger partial charge in [0.2, 0.25) is 11.8 Å². The molecule has 1 aliphatic heterocycles. The highest BCUT2D eigenvalue weighted by molar-refractivity contribution is 9.58. The summed E-state index contributed by atoms with van der Waals surface area (Å²) in [7, 11) is -1.11. The van der Waals surface area contributed by atoms with Gasteiger partial charge in [-0.3, -0.25) is 9.59 Å². The van der Waals surface area contributed by atoms with Crippen LogP contribution in [0.3, 0.4) is 0 Å². The van der Waals surface area contributed by atoms with Crippen molar-refractivity contribution in [3.8, 4) is 0 Å². The van der Waals surface area contributed by atoms with Crippen molar-refractivity contribution >= 4 is 41.2 Å². The van der Waals surface area contributed by atoms with Crippen LogP contribution >= 0.6 is 23.3 Å². The minimum atomic E-state index is -1.11. The van der Waals surface area contributed by atoms with E-state index in [0.717, 1.165) is 0 Å². The fourth-order valence-corrected chi connectivity index (χ4v) is 3.46. The van der Waals surface area contributed by atoms with Crippen LogP contribution in [0.15, 0.2) is 0 Å². The predicted octanol–water partition coefficient (Wildman–Crippen LogP) is 1.56. The molecule has 0 aromatic heterocycles. The highest BCUT2D eigenvalue weighted by atomic mass is 79.9. The second kappa shape index (κ2) is 8.42. The molecule has 9 heteroatoms. The van der Waals surface area contributed by atoms with Gasteiger partial charge in [0.05, 0.1) is 12.3 Å². The quantitative estimate of drug-likeness (QED) is 0.740. The summed E-state index contributed by atoms with van der Waals surface area (Å²) in [6, 6.07) is 0. The fourth-order valence-electron chi connectivity index (χ4n) is 2.11. The van der Waals surface area contributed by atoms with E-state index in [4.69, 9.17) is 4.74 Å². The third-order valence-electron chi connectivity index (χ3n) is 3.20. The molecule has 1 rings (SSSR count). The van der Waals surface area contributed by atoms with Crippen molar-refractivity contribution in [2.24, 2.45) is 0 Å². The fraction of sp³-hybridized carbons (Fsp3) is 0.800. The van der Waals surface area contributed by atoms with Crippen molar-refractivity contribution in [2.45, 2.75) is 26.4 Å². The standard InChI is InChI=1S/C15H28BrN3O4S/c1-15(2,3)23-14(22)19-8-6-18(7-9-19)13(21)10-17-12(20)11-24(4,5)16/h6-11H2,1-5H3,(H,17,20). The Bertz CT molecular complexity index is 480. The Balaban J connectivity index is 2.35. The highest BCUT2D eigenvalue weighted by Crippen LogP contribution is 2.47. The molecule has 3 amide bonds. The van der Waals surface area contributed by atoms with Crippen LogP contribution in [-0.2, 0) is 14.3 Å². The van der Waals surface area contributed by atoms with Gasteiger partial charge in [0, 0.05) is 26.2 Å². The molecule has 0 spiro atoms. The third kappa shape index (κ3) is 8.23. The van der Waals surface area contributed by atoms with Crippen LogP contribution < -0.4 is 5.32 Å². The molecule has 1 saturated heterocycles. The van der Waals surface area contributed by atoms with Crippen LogP contribution in [0, 0.1) is 0 Å². The lowest BCUT2D eigenvalue weighted by Crippen LogP contribution is -2.53. The molecule has 1 fully saturated rings. The molecular weight excluding hydrogens is 398 g/mol. The summed E-state index contributed by atoms with van der Waals surface area (Å²) in [6.07, 6.45) is 3.60. The smallest absolute Gasteiger partial charge is 0.410 e. The summed E-state index contributed by atoms with van der Waals surface area (Å²) < 4.78 is 5.32. The Morgan fingerprint density at radius 3 is 2.04 bits per heavy atom. The second-order valence-corrected chi connectivity index (χ2v) is 15.5. The summed E-state index contributed by atoms with van der Waals surface area (Å²) in [5, 5.41) is 2.66. The number of ether oxygens (including phenoxy) is 1. The maximum atomic E-state index is 12.1. The summed E-state index contributed by atoms with van der Waals surface area (Å²) in [5.41, 5.74) is -0.528. The van der Waals surface area contributed by atoms with Gasteiger partial charge in [-0.1, -0.05) is 0 Å². The van der Waals surface area contributed by atoms with Crippen LogP contribution in [0.4, 0.5) is 4.79 Å². The van der Waals surface area contributed by atoms with E-state index in [2.05, 4.69) is 20.1 Å². The number of hydrogen-bond donors (Lipinski definition) is 1. The molecule has 1 aliphatic rings. The Labute approximate surface area is 153 Å². The average molecular weight is 426 g/mol. The van der Waals surface area contributed by atoms with E-state index in [1.807, 2.05) is 33.3 Å². The van der Waals surface area contributed by atoms with Crippen molar-refractivity contribution in [3.05, 3.63) is 0 Å². The Kier molecular flexibility index (Phi) is 7.40. The van der Waals surface area contributed by atoms with Crippen molar-refractivity contribution in [3.63, 3.8) is 0 Å². The van der Waals surface area contributed by atoms with Gasteiger partial charge in [-0.25, -0.2) is 4.79 Å². The van der Waals surface area contributed by atoms with Crippen molar-refractivity contribution in [1.82, 2.24) is 15.1 Å². The zero-order chi connectivity index (χ0) is 18.5. The van der Waals surface area contributed by atoms with Gasteiger partial charge in [-0.15, -0.1) is 0 Å². The van der Waals surface area contributed by atoms with Gasteiger partial charge >= 0.3 is 6.09 Å². The van der Waals surface area contributed by atoms with Crippen LogP contribution in [0.1, 0.15) is 20.8 Å². The maximum absolute atomic E-state index is 12.1. The molecule has 0 saturated carbocycles. The van der Waals surface area contributed by atoms with Crippen LogP contribution in [0.5, 0.6) is 0 Å². The first-order valence-electron chi connectivity index (χ1n) is 7.80. The molecule has 0 aromatic carbocycles. The van der Waals surface area contributed by atoms with E-state index >= 15 is 0 Å². The number of carbonyl (C=O) groups excluding carboxylic acids is 3. The monoisotopic (exact) mass is 425 g/mol. The zero-order valence-corrected chi connectivity index (χ0v) is 17.5. The van der Waals surface area contributed by atoms with Crippen LogP contribution in [0.25, 0.3) is 0 Å². The van der Waals surface area contributed by atoms with Gasteiger partial charge in [0.15, 0.2) is 0 Å². The number of piperazine rings is 1. The van der Waals surface area contributed by atoms with E-state index < -0.39 is 14.1 Å². The molecule has 1 N–H and O–H groups in total. The molecule has 0 atom stereocenters. The maximum Gasteiger partial charge on any atom is 0.410 e. The lowest BCUT2D eigenvalue weighted by molar-refractivity contribution is -0.133. The van der Waals surface area contributed by atoms with Gasteiger partial charge in [0.25, 0.3) is 0 Å². The van der Waals surface area contributed by atoms with E-state index in [1.165, 1.54) is 0 Å². The van der Waals surface area contributed by atoms with Crippen molar-refractivity contribution in [1.29, 1.82) is 0 Å². The minimum Gasteiger partial charge on any atom is -0.444 e. The molecule has 1 heterocycles. The molecule has 0 radical (unpaired) electrons. The second-order valence-electron chi connectivity index (χ2n) is 7.17. The average Bonchev–Trinajstić information content (AvgIpc) is 2.41. The summed E-state index contributed by atoms with van der Waals surface area (Å²) in [6.45, 7) is 7.23. The molecular formula is C15H28BrN3O4S. The lowest BCUT2D eigenvalue weighted by Gasteiger charge is -2.35. The van der Waals surface area contributed by atoms with E-state index in [9.17, 15) is 14.4 Å². The topological polar surface area (TPSA) is 79.0 Å². The first-order chi connectivity index (χ1) is 10.9. The zero-order valence-electron chi connectivity index (χ0n) is 15.1. The number of nitrogens with zero attached hydrogens (tertiary/aromatic N) is 2. The number of carbonyl (C=O) groups is 3. The van der Waals surface area contributed by atoms with Crippen molar-refractivity contribution in [2.75, 3.05) is 51.0 Å². The largest absolute Gasteiger partial charge is 0.444 e. The Morgan fingerprint density at radius 1 is 1.08 bits per heavy atom. The molecule has 0 unspecified atom stereocenters.